The van der Waals surface area contributed by atoms with E-state index in [4.69, 9.17) is 19.2 Å². The van der Waals surface area contributed by atoms with Crippen LogP contribution in [-0.2, 0) is 9.53 Å². The number of amides is 1. The molecule has 0 atom stereocenters. The highest BCUT2D eigenvalue weighted by molar-refractivity contribution is 7.14. The minimum atomic E-state index is 0.0884. The maximum atomic E-state index is 12.6. The fourth-order valence-electron chi connectivity index (χ4n) is 3.32. The van der Waals surface area contributed by atoms with Crippen LogP contribution in [0.2, 0.25) is 0 Å². The second kappa shape index (κ2) is 10.6. The molecule has 7 nitrogen and oxygen atoms in total. The Hall–Kier alpha value is -2.16. The quantitative estimate of drug-likeness (QED) is 0.622. The summed E-state index contributed by atoms with van der Waals surface area (Å²) >= 11 is 1.48. The fourth-order valence-corrected chi connectivity index (χ4v) is 4.19. The number of morpholine rings is 1. The van der Waals surface area contributed by atoms with E-state index in [9.17, 15) is 4.79 Å². The number of hydrogen-bond acceptors (Lipinski definition) is 7. The van der Waals surface area contributed by atoms with Gasteiger partial charge in [0.1, 0.15) is 11.5 Å². The van der Waals surface area contributed by atoms with Gasteiger partial charge >= 0.3 is 0 Å². The molecule has 3 rings (SSSR count). The number of methoxy groups -OCH3 is 2. The van der Waals surface area contributed by atoms with Crippen LogP contribution < -0.4 is 14.4 Å². The van der Waals surface area contributed by atoms with Gasteiger partial charge in [-0.1, -0.05) is 6.92 Å². The number of anilines is 1. The number of rotatable bonds is 9. The Balaban J connectivity index is 1.74. The third-order valence-corrected chi connectivity index (χ3v) is 5.83. The van der Waals surface area contributed by atoms with Crippen molar-refractivity contribution in [2.75, 3.05) is 58.5 Å². The number of nitrogens with zero attached hydrogens (tertiary/aromatic N) is 3. The van der Waals surface area contributed by atoms with Gasteiger partial charge < -0.3 is 14.2 Å². The summed E-state index contributed by atoms with van der Waals surface area (Å²) in [5.41, 5.74) is 1.63. The highest BCUT2D eigenvalue weighted by atomic mass is 32.1. The second-order valence-electron chi connectivity index (χ2n) is 6.79. The summed E-state index contributed by atoms with van der Waals surface area (Å²) in [5.74, 6) is 1.55. The van der Waals surface area contributed by atoms with E-state index in [1.165, 1.54) is 11.3 Å². The van der Waals surface area contributed by atoms with Crippen molar-refractivity contribution in [2.24, 2.45) is 0 Å². The summed E-state index contributed by atoms with van der Waals surface area (Å²) in [6.45, 7) is 6.99. The van der Waals surface area contributed by atoms with Gasteiger partial charge in [0.15, 0.2) is 5.13 Å². The van der Waals surface area contributed by atoms with Gasteiger partial charge in [0.2, 0.25) is 5.91 Å². The normalized spacial score (nSPS) is 14.6. The van der Waals surface area contributed by atoms with E-state index in [0.29, 0.717) is 13.0 Å². The molecule has 0 aliphatic carbocycles. The van der Waals surface area contributed by atoms with E-state index in [-0.39, 0.29) is 5.91 Å². The molecule has 1 fully saturated rings. The molecule has 0 bridgehead atoms. The largest absolute Gasteiger partial charge is 0.497 e. The van der Waals surface area contributed by atoms with E-state index < -0.39 is 0 Å². The van der Waals surface area contributed by atoms with Gasteiger partial charge in [-0.25, -0.2) is 4.98 Å². The third-order valence-electron chi connectivity index (χ3n) is 4.97. The van der Waals surface area contributed by atoms with Gasteiger partial charge in [0.05, 0.1) is 33.1 Å². The SMILES string of the molecule is CCC(=O)N(CCCN1CCOCC1)c1nc(-c2cc(OC)ccc2OC)cs1. The summed E-state index contributed by atoms with van der Waals surface area (Å²) in [6.07, 6.45) is 1.36. The Morgan fingerprint density at radius 3 is 2.76 bits per heavy atom. The molecule has 1 amide bonds. The Morgan fingerprint density at radius 2 is 2.07 bits per heavy atom. The van der Waals surface area contributed by atoms with E-state index in [0.717, 1.165) is 67.2 Å². The van der Waals surface area contributed by atoms with E-state index in [1.807, 2.05) is 30.5 Å². The minimum absolute atomic E-state index is 0.0884. The highest BCUT2D eigenvalue weighted by Crippen LogP contribution is 2.36. The molecule has 1 aliphatic heterocycles. The molecule has 0 saturated carbocycles. The monoisotopic (exact) mass is 419 g/mol. The van der Waals surface area contributed by atoms with Crippen LogP contribution >= 0.6 is 11.3 Å². The number of aromatic nitrogens is 1. The molecule has 0 spiro atoms. The van der Waals surface area contributed by atoms with Crippen molar-refractivity contribution in [2.45, 2.75) is 19.8 Å². The molecule has 0 radical (unpaired) electrons. The second-order valence-corrected chi connectivity index (χ2v) is 7.62. The first-order valence-corrected chi connectivity index (χ1v) is 10.8. The average molecular weight is 420 g/mol. The van der Waals surface area contributed by atoms with Crippen molar-refractivity contribution in [3.8, 4) is 22.8 Å². The van der Waals surface area contributed by atoms with Gasteiger partial charge in [-0.05, 0) is 24.6 Å². The molecule has 158 valence electrons. The van der Waals surface area contributed by atoms with E-state index in [1.54, 1.807) is 19.1 Å². The van der Waals surface area contributed by atoms with Gasteiger partial charge in [0, 0.05) is 43.5 Å². The van der Waals surface area contributed by atoms with E-state index in [2.05, 4.69) is 4.90 Å². The van der Waals surface area contributed by atoms with Gasteiger partial charge in [0.25, 0.3) is 0 Å². The summed E-state index contributed by atoms with van der Waals surface area (Å²) in [6, 6.07) is 5.63. The predicted octanol–water partition coefficient (Wildman–Crippen LogP) is 3.29. The van der Waals surface area contributed by atoms with Gasteiger partial charge in [-0.15, -0.1) is 11.3 Å². The number of carbonyl (C=O) groups excluding carboxylic acids is 1. The van der Waals surface area contributed by atoms with Crippen LogP contribution in [-0.4, -0.2) is 69.4 Å². The molecule has 1 aromatic carbocycles. The topological polar surface area (TPSA) is 64.1 Å². The summed E-state index contributed by atoms with van der Waals surface area (Å²) < 4.78 is 16.2. The lowest BCUT2D eigenvalue weighted by Crippen LogP contribution is -2.39. The molecule has 0 N–H and O–H groups in total. The average Bonchev–Trinajstić information content (AvgIpc) is 3.26. The van der Waals surface area contributed by atoms with Crippen LogP contribution in [0, 0.1) is 0 Å². The first kappa shape index (κ1) is 21.5. The summed E-state index contributed by atoms with van der Waals surface area (Å²) in [7, 11) is 3.27. The number of benzene rings is 1. The Bertz CT molecular complexity index is 805. The molecular formula is C21H29N3O4S. The number of carbonyl (C=O) groups is 1. The smallest absolute Gasteiger partial charge is 0.228 e. The molecule has 0 unspecified atom stereocenters. The lowest BCUT2D eigenvalue weighted by molar-refractivity contribution is -0.118. The van der Waals surface area contributed by atoms with Gasteiger partial charge in [-0.2, -0.15) is 0 Å². The van der Waals surface area contributed by atoms with Crippen LogP contribution in [0.25, 0.3) is 11.3 Å². The minimum Gasteiger partial charge on any atom is -0.497 e. The Kier molecular flexibility index (Phi) is 7.85. The Morgan fingerprint density at radius 1 is 1.28 bits per heavy atom. The van der Waals surface area contributed by atoms with Crippen molar-refractivity contribution in [3.05, 3.63) is 23.6 Å². The van der Waals surface area contributed by atoms with Crippen molar-refractivity contribution in [3.63, 3.8) is 0 Å². The summed E-state index contributed by atoms with van der Waals surface area (Å²) in [4.78, 5) is 21.5. The van der Waals surface area contributed by atoms with Crippen LogP contribution in [0.3, 0.4) is 0 Å². The molecule has 2 heterocycles. The maximum absolute atomic E-state index is 12.6. The molecule has 29 heavy (non-hydrogen) atoms. The molecule has 1 aliphatic rings. The van der Waals surface area contributed by atoms with Crippen molar-refractivity contribution < 1.29 is 19.0 Å². The van der Waals surface area contributed by atoms with E-state index >= 15 is 0 Å². The third kappa shape index (κ3) is 5.46. The van der Waals surface area contributed by atoms with Crippen molar-refractivity contribution in [1.82, 2.24) is 9.88 Å². The highest BCUT2D eigenvalue weighted by Gasteiger charge is 2.20. The maximum Gasteiger partial charge on any atom is 0.228 e. The van der Waals surface area contributed by atoms with Crippen molar-refractivity contribution >= 4 is 22.4 Å². The zero-order valence-electron chi connectivity index (χ0n) is 17.3. The predicted molar refractivity (Wildman–Crippen MR) is 115 cm³/mol. The molecule has 2 aromatic rings. The number of ether oxygens (including phenoxy) is 3. The number of thiazole rings is 1. The first-order chi connectivity index (χ1) is 14.2. The van der Waals surface area contributed by atoms with Crippen molar-refractivity contribution in [1.29, 1.82) is 0 Å². The van der Waals surface area contributed by atoms with Crippen LogP contribution in [0.1, 0.15) is 19.8 Å². The summed E-state index contributed by atoms with van der Waals surface area (Å²) in [5, 5.41) is 2.68. The fraction of sp³-hybridized carbons (Fsp3) is 0.524. The van der Waals surface area contributed by atoms with Crippen LogP contribution in [0.5, 0.6) is 11.5 Å². The molecular weight excluding hydrogens is 390 g/mol. The lowest BCUT2D eigenvalue weighted by Gasteiger charge is -2.27. The molecule has 1 aromatic heterocycles. The molecule has 1 saturated heterocycles. The van der Waals surface area contributed by atoms with Gasteiger partial charge in [-0.3, -0.25) is 14.6 Å². The standard InChI is InChI=1S/C21H29N3O4S/c1-4-20(25)24(9-5-8-23-10-12-28-13-11-23)21-22-18(15-29-21)17-14-16(26-2)6-7-19(17)27-3/h6-7,14-15H,4-5,8-13H2,1-3H3. The number of hydrogen-bond donors (Lipinski definition) is 0. The zero-order chi connectivity index (χ0) is 20.6. The molecule has 8 heteroatoms. The van der Waals surface area contributed by atoms with Crippen LogP contribution in [0.15, 0.2) is 23.6 Å². The zero-order valence-corrected chi connectivity index (χ0v) is 18.2. The van der Waals surface area contributed by atoms with Crippen LogP contribution in [0.4, 0.5) is 5.13 Å². The first-order valence-electron chi connectivity index (χ1n) is 9.94. The lowest BCUT2D eigenvalue weighted by atomic mass is 10.1. The Labute approximate surface area is 176 Å².